The summed E-state index contributed by atoms with van der Waals surface area (Å²) >= 11 is 3.25. The van der Waals surface area contributed by atoms with E-state index in [1.807, 2.05) is 6.92 Å². The van der Waals surface area contributed by atoms with E-state index in [4.69, 9.17) is 10.5 Å². The molecule has 0 amide bonds. The predicted molar refractivity (Wildman–Crippen MR) is 72.5 cm³/mol. The smallest absolute Gasteiger partial charge is 0.235 e. The molecule has 1 rings (SSSR count). The van der Waals surface area contributed by atoms with Crippen LogP contribution in [0.25, 0.3) is 0 Å². The highest BCUT2D eigenvalue weighted by Crippen LogP contribution is 2.23. The number of anilines is 2. The Morgan fingerprint density at radius 2 is 2.18 bits per heavy atom. The molecule has 1 aromatic rings. The monoisotopic (exact) mass is 322 g/mol. The zero-order valence-corrected chi connectivity index (χ0v) is 11.8. The Hall–Kier alpha value is -0.790. The third kappa shape index (κ3) is 4.93. The van der Waals surface area contributed by atoms with Crippen molar-refractivity contribution in [3.8, 4) is 0 Å². The Labute approximate surface area is 110 Å². The number of sulfonamides is 1. The largest absolute Gasteiger partial charge is 0.397 e. The molecule has 0 radical (unpaired) electrons. The first-order valence-corrected chi connectivity index (χ1v) is 7.52. The highest BCUT2D eigenvalue weighted by atomic mass is 79.9. The zero-order chi connectivity index (χ0) is 12.9. The molecule has 7 heteroatoms. The van der Waals surface area contributed by atoms with Gasteiger partial charge in [0.1, 0.15) is 0 Å². The van der Waals surface area contributed by atoms with Crippen molar-refractivity contribution < 1.29 is 13.2 Å². The van der Waals surface area contributed by atoms with E-state index < -0.39 is 10.0 Å². The van der Waals surface area contributed by atoms with E-state index in [0.29, 0.717) is 18.0 Å². The lowest BCUT2D eigenvalue weighted by Crippen LogP contribution is -2.20. The fourth-order valence-corrected chi connectivity index (χ4v) is 2.50. The van der Waals surface area contributed by atoms with Crippen LogP contribution in [0.5, 0.6) is 0 Å². The molecular formula is C10H15BrN2O3S. The van der Waals surface area contributed by atoms with Gasteiger partial charge in [0.15, 0.2) is 0 Å². The van der Waals surface area contributed by atoms with Gasteiger partial charge < -0.3 is 10.5 Å². The average Bonchev–Trinajstić information content (AvgIpc) is 2.22. The predicted octanol–water partition coefficient (Wildman–Crippen LogP) is 1.81. The average molecular weight is 323 g/mol. The highest BCUT2D eigenvalue weighted by Gasteiger charge is 2.11. The number of hydrogen-bond donors (Lipinski definition) is 2. The van der Waals surface area contributed by atoms with E-state index in [9.17, 15) is 8.42 Å². The van der Waals surface area contributed by atoms with Gasteiger partial charge in [-0.15, -0.1) is 0 Å². The lowest BCUT2D eigenvalue weighted by molar-refractivity contribution is 0.163. The Balaban J connectivity index is 2.69. The fraction of sp³-hybridized carbons (Fsp3) is 0.400. The summed E-state index contributed by atoms with van der Waals surface area (Å²) in [6.45, 7) is 2.48. The molecule has 0 atom stereocenters. The topological polar surface area (TPSA) is 81.4 Å². The summed E-state index contributed by atoms with van der Waals surface area (Å²) in [5, 5.41) is 0. The van der Waals surface area contributed by atoms with E-state index in [-0.39, 0.29) is 12.4 Å². The van der Waals surface area contributed by atoms with Crippen LogP contribution in [0.1, 0.15) is 6.92 Å². The first-order valence-electron chi connectivity index (χ1n) is 5.08. The van der Waals surface area contributed by atoms with Crippen molar-refractivity contribution in [2.75, 3.05) is 29.4 Å². The maximum atomic E-state index is 11.7. The maximum Gasteiger partial charge on any atom is 0.235 e. The fourth-order valence-electron chi connectivity index (χ4n) is 1.16. The molecule has 0 aliphatic heterocycles. The summed E-state index contributed by atoms with van der Waals surface area (Å²) in [6.07, 6.45) is 0. The third-order valence-electron chi connectivity index (χ3n) is 1.98. The molecule has 0 bridgehead atoms. The SMILES string of the molecule is CCOCCS(=O)(=O)Nc1ccc(Br)cc1N. The van der Waals surface area contributed by atoms with Crippen molar-refractivity contribution in [2.24, 2.45) is 0 Å². The van der Waals surface area contributed by atoms with Crippen molar-refractivity contribution >= 4 is 37.3 Å². The number of nitrogens with two attached hydrogens (primary N) is 1. The van der Waals surface area contributed by atoms with Crippen LogP contribution in [0.3, 0.4) is 0 Å². The Morgan fingerprint density at radius 3 is 2.76 bits per heavy atom. The van der Waals surface area contributed by atoms with Gasteiger partial charge in [-0.3, -0.25) is 4.72 Å². The van der Waals surface area contributed by atoms with Crippen LogP contribution in [0.15, 0.2) is 22.7 Å². The normalized spacial score (nSPS) is 11.4. The molecule has 0 aliphatic rings. The standard InChI is InChI=1S/C10H15BrN2O3S/c1-2-16-5-6-17(14,15)13-10-4-3-8(11)7-9(10)12/h3-4,7,13H,2,5-6,12H2,1H3. The van der Waals surface area contributed by atoms with Crippen molar-refractivity contribution in [1.29, 1.82) is 0 Å². The number of hydrogen-bond acceptors (Lipinski definition) is 4. The molecule has 0 saturated heterocycles. The molecular weight excluding hydrogens is 308 g/mol. The van der Waals surface area contributed by atoms with Crippen molar-refractivity contribution in [3.05, 3.63) is 22.7 Å². The Bertz CT molecular complexity index is 476. The molecule has 0 spiro atoms. The Morgan fingerprint density at radius 1 is 1.47 bits per heavy atom. The molecule has 1 aromatic carbocycles. The van der Waals surface area contributed by atoms with Crippen LogP contribution in [0, 0.1) is 0 Å². The highest BCUT2D eigenvalue weighted by molar-refractivity contribution is 9.10. The van der Waals surface area contributed by atoms with Gasteiger partial charge in [0, 0.05) is 11.1 Å². The van der Waals surface area contributed by atoms with E-state index in [1.54, 1.807) is 18.2 Å². The summed E-state index contributed by atoms with van der Waals surface area (Å²) in [6, 6.07) is 4.97. The number of rotatable bonds is 6. The van der Waals surface area contributed by atoms with Crippen LogP contribution < -0.4 is 10.5 Å². The number of nitrogens with one attached hydrogen (secondary N) is 1. The first-order chi connectivity index (χ1) is 7.94. The van der Waals surface area contributed by atoms with E-state index >= 15 is 0 Å². The van der Waals surface area contributed by atoms with Crippen LogP contribution >= 0.6 is 15.9 Å². The molecule has 5 nitrogen and oxygen atoms in total. The number of ether oxygens (including phenoxy) is 1. The van der Waals surface area contributed by atoms with Gasteiger partial charge >= 0.3 is 0 Å². The van der Waals surface area contributed by atoms with Gasteiger partial charge in [0.05, 0.1) is 23.7 Å². The van der Waals surface area contributed by atoms with Crippen LogP contribution in [-0.2, 0) is 14.8 Å². The second-order valence-electron chi connectivity index (χ2n) is 3.35. The van der Waals surface area contributed by atoms with Crippen LogP contribution in [0.2, 0.25) is 0 Å². The summed E-state index contributed by atoms with van der Waals surface area (Å²) < 4.78 is 31.5. The second-order valence-corrected chi connectivity index (χ2v) is 6.11. The quantitative estimate of drug-likeness (QED) is 0.618. The van der Waals surface area contributed by atoms with Crippen molar-refractivity contribution in [3.63, 3.8) is 0 Å². The van der Waals surface area contributed by atoms with Gasteiger partial charge in [-0.05, 0) is 25.1 Å². The molecule has 0 saturated carbocycles. The molecule has 0 aromatic heterocycles. The molecule has 0 heterocycles. The molecule has 17 heavy (non-hydrogen) atoms. The van der Waals surface area contributed by atoms with Crippen LogP contribution in [0.4, 0.5) is 11.4 Å². The van der Waals surface area contributed by atoms with Gasteiger partial charge in [-0.2, -0.15) is 0 Å². The maximum absolute atomic E-state index is 11.7. The molecule has 96 valence electrons. The van der Waals surface area contributed by atoms with Gasteiger partial charge in [-0.1, -0.05) is 15.9 Å². The van der Waals surface area contributed by atoms with Crippen LogP contribution in [-0.4, -0.2) is 27.4 Å². The van der Waals surface area contributed by atoms with E-state index in [1.165, 1.54) is 0 Å². The summed E-state index contributed by atoms with van der Waals surface area (Å²) in [5.74, 6) is -0.0870. The summed E-state index contributed by atoms with van der Waals surface area (Å²) in [4.78, 5) is 0. The first kappa shape index (κ1) is 14.3. The molecule has 0 unspecified atom stereocenters. The van der Waals surface area contributed by atoms with Gasteiger partial charge in [0.2, 0.25) is 10.0 Å². The summed E-state index contributed by atoms with van der Waals surface area (Å²) in [5.41, 5.74) is 6.45. The number of halogens is 1. The molecule has 0 aliphatic carbocycles. The Kier molecular flexibility index (Phi) is 5.23. The van der Waals surface area contributed by atoms with E-state index in [2.05, 4.69) is 20.7 Å². The lowest BCUT2D eigenvalue weighted by atomic mass is 10.3. The van der Waals surface area contributed by atoms with Crippen molar-refractivity contribution in [1.82, 2.24) is 0 Å². The lowest BCUT2D eigenvalue weighted by Gasteiger charge is -2.10. The second kappa shape index (κ2) is 6.23. The van der Waals surface area contributed by atoms with Crippen molar-refractivity contribution in [2.45, 2.75) is 6.92 Å². The zero-order valence-electron chi connectivity index (χ0n) is 9.44. The third-order valence-corrected chi connectivity index (χ3v) is 3.71. The van der Waals surface area contributed by atoms with Gasteiger partial charge in [0.25, 0.3) is 0 Å². The number of nitrogen functional groups attached to an aromatic ring is 1. The molecule has 3 N–H and O–H groups in total. The number of benzene rings is 1. The van der Waals surface area contributed by atoms with E-state index in [0.717, 1.165) is 4.47 Å². The van der Waals surface area contributed by atoms with Gasteiger partial charge in [-0.25, -0.2) is 8.42 Å². The minimum Gasteiger partial charge on any atom is -0.397 e. The minimum atomic E-state index is -3.41. The summed E-state index contributed by atoms with van der Waals surface area (Å²) in [7, 11) is -3.41. The molecule has 0 fully saturated rings. The minimum absolute atomic E-state index is 0.0870.